The van der Waals surface area contributed by atoms with Gasteiger partial charge < -0.3 is 14.4 Å². The Morgan fingerprint density at radius 2 is 1.88 bits per heavy atom. The predicted octanol–water partition coefficient (Wildman–Crippen LogP) is 3.08. The minimum atomic E-state index is -0.362. The van der Waals surface area contributed by atoms with Crippen LogP contribution >= 0.6 is 0 Å². The molecule has 0 aromatic heterocycles. The highest BCUT2D eigenvalue weighted by Crippen LogP contribution is 2.34. The van der Waals surface area contributed by atoms with Crippen molar-refractivity contribution >= 4 is 11.6 Å². The number of halogens is 1. The highest BCUT2D eigenvalue weighted by Gasteiger charge is 2.34. The van der Waals surface area contributed by atoms with Crippen LogP contribution in [0.4, 0.5) is 10.1 Å². The Balaban J connectivity index is 1.81. The molecule has 138 valence electrons. The number of amides is 1. The summed E-state index contributed by atoms with van der Waals surface area (Å²) in [4.78, 5) is 16.7. The molecule has 1 aliphatic rings. The maximum Gasteiger partial charge on any atom is 0.244 e. The van der Waals surface area contributed by atoms with Gasteiger partial charge in [0, 0.05) is 31.3 Å². The Morgan fingerprint density at radius 3 is 2.58 bits per heavy atom. The number of anilines is 1. The first kappa shape index (κ1) is 18.2. The molecule has 0 N–H and O–H groups in total. The van der Waals surface area contributed by atoms with Gasteiger partial charge in [-0.05, 0) is 25.1 Å². The van der Waals surface area contributed by atoms with E-state index in [9.17, 15) is 9.18 Å². The number of nitrogens with zero attached hydrogens (tertiary/aromatic N) is 2. The van der Waals surface area contributed by atoms with Crippen LogP contribution < -0.4 is 14.4 Å². The molecule has 1 fully saturated rings. The Morgan fingerprint density at radius 1 is 1.12 bits per heavy atom. The normalized spacial score (nSPS) is 18.1. The summed E-state index contributed by atoms with van der Waals surface area (Å²) < 4.78 is 24.6. The van der Waals surface area contributed by atoms with Crippen molar-refractivity contribution in [3.8, 4) is 11.5 Å². The minimum Gasteiger partial charge on any atom is -0.497 e. The van der Waals surface area contributed by atoms with Gasteiger partial charge in [0.15, 0.2) is 0 Å². The average molecular weight is 358 g/mol. The maximum absolute atomic E-state index is 13.9. The van der Waals surface area contributed by atoms with Crippen molar-refractivity contribution in [3.05, 3.63) is 53.8 Å². The van der Waals surface area contributed by atoms with E-state index in [1.165, 1.54) is 6.07 Å². The standard InChI is InChI=1S/C20H23FN2O3/c1-14-20(24)23(18-12-16(25-2)8-9-19(18)26-3)11-10-22(14)13-15-6-4-5-7-17(15)21/h4-9,12,14H,10-11,13H2,1-3H3/t14-/m0/s1. The first-order valence-electron chi connectivity index (χ1n) is 8.56. The molecule has 1 heterocycles. The Labute approximate surface area is 152 Å². The van der Waals surface area contributed by atoms with Crippen molar-refractivity contribution in [1.29, 1.82) is 0 Å². The van der Waals surface area contributed by atoms with Gasteiger partial charge in [-0.25, -0.2) is 4.39 Å². The fourth-order valence-corrected chi connectivity index (χ4v) is 3.22. The van der Waals surface area contributed by atoms with Crippen molar-refractivity contribution < 1.29 is 18.7 Å². The van der Waals surface area contributed by atoms with Crippen LogP contribution in [0.2, 0.25) is 0 Å². The molecule has 0 saturated carbocycles. The number of methoxy groups -OCH3 is 2. The third-order valence-corrected chi connectivity index (χ3v) is 4.79. The van der Waals surface area contributed by atoms with Crippen LogP contribution in [0, 0.1) is 5.82 Å². The fourth-order valence-electron chi connectivity index (χ4n) is 3.22. The lowest BCUT2D eigenvalue weighted by Gasteiger charge is -2.39. The molecule has 0 unspecified atom stereocenters. The molecule has 0 radical (unpaired) electrons. The molecule has 2 aromatic carbocycles. The van der Waals surface area contributed by atoms with Crippen molar-refractivity contribution in [2.24, 2.45) is 0 Å². The summed E-state index contributed by atoms with van der Waals surface area (Å²) in [7, 11) is 3.16. The fraction of sp³-hybridized carbons (Fsp3) is 0.350. The van der Waals surface area contributed by atoms with Crippen molar-refractivity contribution in [1.82, 2.24) is 4.90 Å². The van der Waals surface area contributed by atoms with Crippen molar-refractivity contribution in [3.63, 3.8) is 0 Å². The van der Waals surface area contributed by atoms with E-state index >= 15 is 0 Å². The lowest BCUT2D eigenvalue weighted by Crippen LogP contribution is -2.55. The first-order chi connectivity index (χ1) is 12.5. The van der Waals surface area contributed by atoms with E-state index in [0.29, 0.717) is 42.4 Å². The topological polar surface area (TPSA) is 42.0 Å². The van der Waals surface area contributed by atoms with Gasteiger partial charge in [0.05, 0.1) is 25.9 Å². The summed E-state index contributed by atoms with van der Waals surface area (Å²) in [5, 5.41) is 0. The number of carbonyl (C=O) groups excluding carboxylic acids is 1. The van der Waals surface area contributed by atoms with Crippen LogP contribution in [0.5, 0.6) is 11.5 Å². The van der Waals surface area contributed by atoms with Gasteiger partial charge in [0.25, 0.3) is 0 Å². The largest absolute Gasteiger partial charge is 0.497 e. The number of piperazine rings is 1. The second-order valence-electron chi connectivity index (χ2n) is 6.27. The molecular weight excluding hydrogens is 335 g/mol. The molecule has 6 heteroatoms. The third-order valence-electron chi connectivity index (χ3n) is 4.79. The highest BCUT2D eigenvalue weighted by atomic mass is 19.1. The van der Waals surface area contributed by atoms with Crippen molar-refractivity contribution in [2.75, 3.05) is 32.2 Å². The Kier molecular flexibility index (Phi) is 5.42. The second-order valence-corrected chi connectivity index (χ2v) is 6.27. The second kappa shape index (κ2) is 7.74. The van der Waals surface area contributed by atoms with E-state index < -0.39 is 0 Å². The van der Waals surface area contributed by atoms with Gasteiger partial charge in [0.2, 0.25) is 5.91 Å². The summed E-state index contributed by atoms with van der Waals surface area (Å²) in [6.07, 6.45) is 0. The molecule has 1 atom stereocenters. The maximum atomic E-state index is 13.9. The summed E-state index contributed by atoms with van der Waals surface area (Å²) >= 11 is 0. The molecule has 1 amide bonds. The SMILES string of the molecule is COc1ccc(OC)c(N2CCN(Cc3ccccc3F)[C@@H](C)C2=O)c1. The van der Waals surface area contributed by atoms with Gasteiger partial charge in [-0.3, -0.25) is 9.69 Å². The number of carbonyl (C=O) groups is 1. The van der Waals surface area contributed by atoms with Gasteiger partial charge in [-0.1, -0.05) is 18.2 Å². The van der Waals surface area contributed by atoms with Crippen LogP contribution in [0.15, 0.2) is 42.5 Å². The number of hydrogen-bond donors (Lipinski definition) is 0. The smallest absolute Gasteiger partial charge is 0.244 e. The van der Waals surface area contributed by atoms with Crippen LogP contribution in [0.25, 0.3) is 0 Å². The van der Waals surface area contributed by atoms with E-state index in [2.05, 4.69) is 0 Å². The number of benzene rings is 2. The monoisotopic (exact) mass is 358 g/mol. The van der Waals surface area contributed by atoms with E-state index in [0.717, 1.165) is 0 Å². The molecule has 2 aromatic rings. The Hall–Kier alpha value is -2.60. The molecule has 0 bridgehead atoms. The highest BCUT2D eigenvalue weighted by molar-refractivity contribution is 5.99. The van der Waals surface area contributed by atoms with E-state index in [4.69, 9.17) is 9.47 Å². The summed E-state index contributed by atoms with van der Waals surface area (Å²) in [6, 6.07) is 11.7. The lowest BCUT2D eigenvalue weighted by atomic mass is 10.1. The van der Waals surface area contributed by atoms with Crippen LogP contribution in [-0.4, -0.2) is 44.2 Å². The quantitative estimate of drug-likeness (QED) is 0.824. The summed E-state index contributed by atoms with van der Waals surface area (Å²) in [5.41, 5.74) is 1.29. The number of rotatable bonds is 5. The first-order valence-corrected chi connectivity index (χ1v) is 8.56. The van der Waals surface area contributed by atoms with Gasteiger partial charge >= 0.3 is 0 Å². The van der Waals surface area contributed by atoms with Crippen molar-refractivity contribution in [2.45, 2.75) is 19.5 Å². The zero-order valence-electron chi connectivity index (χ0n) is 15.2. The van der Waals surface area contributed by atoms with Crippen LogP contribution in [0.3, 0.4) is 0 Å². The molecule has 3 rings (SSSR count). The van der Waals surface area contributed by atoms with E-state index in [-0.39, 0.29) is 17.8 Å². The molecule has 1 aliphatic heterocycles. The van der Waals surface area contributed by atoms with Crippen LogP contribution in [-0.2, 0) is 11.3 Å². The van der Waals surface area contributed by atoms with Gasteiger partial charge in [-0.2, -0.15) is 0 Å². The Bertz CT molecular complexity index is 796. The molecular formula is C20H23FN2O3. The van der Waals surface area contributed by atoms with Gasteiger partial charge in [0.1, 0.15) is 17.3 Å². The summed E-state index contributed by atoms with van der Waals surface area (Å²) in [6.45, 7) is 3.40. The van der Waals surface area contributed by atoms with E-state index in [1.54, 1.807) is 49.5 Å². The minimum absolute atomic E-state index is 0.0425. The summed E-state index contributed by atoms with van der Waals surface area (Å²) in [5.74, 6) is 0.993. The lowest BCUT2D eigenvalue weighted by molar-refractivity contribution is -0.125. The zero-order valence-corrected chi connectivity index (χ0v) is 15.2. The number of ether oxygens (including phenoxy) is 2. The molecule has 0 spiro atoms. The molecule has 5 nitrogen and oxygen atoms in total. The predicted molar refractivity (Wildman–Crippen MR) is 98.2 cm³/mol. The molecule has 26 heavy (non-hydrogen) atoms. The zero-order chi connectivity index (χ0) is 18.7. The van der Waals surface area contributed by atoms with Crippen LogP contribution in [0.1, 0.15) is 12.5 Å². The molecule has 0 aliphatic carbocycles. The van der Waals surface area contributed by atoms with E-state index in [1.807, 2.05) is 17.9 Å². The van der Waals surface area contributed by atoms with Gasteiger partial charge in [-0.15, -0.1) is 0 Å². The number of hydrogen-bond acceptors (Lipinski definition) is 4. The molecule has 1 saturated heterocycles. The third kappa shape index (κ3) is 3.51. The average Bonchev–Trinajstić information content (AvgIpc) is 2.67.